The highest BCUT2D eigenvalue weighted by atomic mass is 19.1. The van der Waals surface area contributed by atoms with Crippen molar-refractivity contribution in [1.82, 2.24) is 15.0 Å². The molecule has 5 nitrogen and oxygen atoms in total. The zero-order valence-electron chi connectivity index (χ0n) is 15.1. The zero-order valence-corrected chi connectivity index (χ0v) is 15.1. The first-order valence-electron chi connectivity index (χ1n) is 9.06. The van der Waals surface area contributed by atoms with Crippen molar-refractivity contribution in [3.8, 4) is 11.4 Å². The molecule has 1 saturated heterocycles. The topological polar surface area (TPSA) is 59.2 Å². The summed E-state index contributed by atoms with van der Waals surface area (Å²) in [6, 6.07) is 13.6. The second kappa shape index (κ2) is 7.31. The van der Waals surface area contributed by atoms with Crippen LogP contribution in [0.1, 0.15) is 40.6 Å². The number of likely N-dealkylation sites (tertiary alicyclic amines) is 1. The van der Waals surface area contributed by atoms with Crippen molar-refractivity contribution in [3.05, 3.63) is 71.4 Å². The summed E-state index contributed by atoms with van der Waals surface area (Å²) >= 11 is 0. The van der Waals surface area contributed by atoms with E-state index in [1.165, 1.54) is 12.1 Å². The van der Waals surface area contributed by atoms with E-state index in [4.69, 9.17) is 4.52 Å². The minimum atomic E-state index is -0.305. The van der Waals surface area contributed by atoms with Gasteiger partial charge in [-0.05, 0) is 55.7 Å². The number of aromatic nitrogens is 2. The monoisotopic (exact) mass is 365 g/mol. The zero-order chi connectivity index (χ0) is 18.8. The first kappa shape index (κ1) is 17.4. The molecule has 0 aliphatic carbocycles. The van der Waals surface area contributed by atoms with Crippen LogP contribution in [-0.4, -0.2) is 34.0 Å². The van der Waals surface area contributed by atoms with Gasteiger partial charge in [0.25, 0.3) is 5.91 Å². The number of carbonyl (C=O) groups is 1. The summed E-state index contributed by atoms with van der Waals surface area (Å²) in [4.78, 5) is 19.2. The molecule has 4 rings (SSSR count). The molecule has 1 fully saturated rings. The smallest absolute Gasteiger partial charge is 0.254 e. The standard InChI is InChI=1S/C21H20FN3O2/c1-14-5-2-3-7-18(14)21(26)25-12-4-6-16(13-25)20-23-19(24-27-20)15-8-10-17(22)11-9-15/h2-3,5,7-11,16H,4,6,12-13H2,1H3/t16-/m0/s1. The van der Waals surface area contributed by atoms with Gasteiger partial charge in [0, 0.05) is 24.2 Å². The molecule has 0 N–H and O–H groups in total. The average molecular weight is 365 g/mol. The van der Waals surface area contributed by atoms with Crippen molar-refractivity contribution in [1.29, 1.82) is 0 Å². The van der Waals surface area contributed by atoms with E-state index in [0.29, 0.717) is 23.8 Å². The normalized spacial score (nSPS) is 17.1. The number of halogens is 1. The van der Waals surface area contributed by atoms with E-state index in [1.54, 1.807) is 12.1 Å². The highest BCUT2D eigenvalue weighted by Gasteiger charge is 2.29. The molecule has 0 unspecified atom stereocenters. The fraction of sp³-hybridized carbons (Fsp3) is 0.286. The van der Waals surface area contributed by atoms with E-state index >= 15 is 0 Å². The van der Waals surface area contributed by atoms with Crippen LogP contribution >= 0.6 is 0 Å². The molecule has 0 spiro atoms. The maximum absolute atomic E-state index is 13.1. The van der Waals surface area contributed by atoms with Crippen molar-refractivity contribution in [2.45, 2.75) is 25.7 Å². The van der Waals surface area contributed by atoms with Gasteiger partial charge in [-0.15, -0.1) is 0 Å². The maximum atomic E-state index is 13.1. The molecule has 2 aromatic carbocycles. The molecular weight excluding hydrogens is 345 g/mol. The molecule has 6 heteroatoms. The van der Waals surface area contributed by atoms with E-state index < -0.39 is 0 Å². The van der Waals surface area contributed by atoms with Gasteiger partial charge in [-0.3, -0.25) is 4.79 Å². The molecule has 1 atom stereocenters. The molecule has 1 aliphatic rings. The number of amides is 1. The third kappa shape index (κ3) is 3.60. The van der Waals surface area contributed by atoms with Gasteiger partial charge < -0.3 is 9.42 Å². The predicted molar refractivity (Wildman–Crippen MR) is 98.7 cm³/mol. The number of benzene rings is 2. The van der Waals surface area contributed by atoms with Gasteiger partial charge in [0.05, 0.1) is 5.92 Å². The Bertz CT molecular complexity index is 952. The lowest BCUT2D eigenvalue weighted by Gasteiger charge is -2.31. The van der Waals surface area contributed by atoms with Crippen LogP contribution in [0.2, 0.25) is 0 Å². The van der Waals surface area contributed by atoms with Gasteiger partial charge in [-0.2, -0.15) is 4.98 Å². The number of hydrogen-bond donors (Lipinski definition) is 0. The summed E-state index contributed by atoms with van der Waals surface area (Å²) in [6.07, 6.45) is 1.78. The summed E-state index contributed by atoms with van der Waals surface area (Å²) < 4.78 is 18.5. The molecule has 1 aromatic heterocycles. The minimum Gasteiger partial charge on any atom is -0.339 e. The third-order valence-corrected chi connectivity index (χ3v) is 4.98. The number of piperidine rings is 1. The van der Waals surface area contributed by atoms with E-state index in [2.05, 4.69) is 10.1 Å². The van der Waals surface area contributed by atoms with Crippen LogP contribution in [0.25, 0.3) is 11.4 Å². The molecule has 27 heavy (non-hydrogen) atoms. The lowest BCUT2D eigenvalue weighted by Crippen LogP contribution is -2.39. The predicted octanol–water partition coefficient (Wildman–Crippen LogP) is 4.20. The Morgan fingerprint density at radius 2 is 1.96 bits per heavy atom. The molecule has 0 radical (unpaired) electrons. The fourth-order valence-electron chi connectivity index (χ4n) is 3.46. The molecule has 138 valence electrons. The van der Waals surface area contributed by atoms with Crippen LogP contribution in [-0.2, 0) is 0 Å². The second-order valence-corrected chi connectivity index (χ2v) is 6.87. The van der Waals surface area contributed by atoms with Crippen LogP contribution in [0.4, 0.5) is 4.39 Å². The highest BCUT2D eigenvalue weighted by Crippen LogP contribution is 2.28. The van der Waals surface area contributed by atoms with Crippen molar-refractivity contribution in [2.75, 3.05) is 13.1 Å². The lowest BCUT2D eigenvalue weighted by molar-refractivity contribution is 0.0695. The Labute approximate surface area is 156 Å². The number of aryl methyl sites for hydroxylation is 1. The van der Waals surface area contributed by atoms with Crippen molar-refractivity contribution < 1.29 is 13.7 Å². The minimum absolute atomic E-state index is 0.00779. The van der Waals surface area contributed by atoms with Crippen LogP contribution in [0, 0.1) is 12.7 Å². The molecule has 3 aromatic rings. The quantitative estimate of drug-likeness (QED) is 0.698. The lowest BCUT2D eigenvalue weighted by atomic mass is 9.96. The Morgan fingerprint density at radius 3 is 2.74 bits per heavy atom. The van der Waals surface area contributed by atoms with Gasteiger partial charge in [0.2, 0.25) is 11.7 Å². The summed E-state index contributed by atoms with van der Waals surface area (Å²) in [7, 11) is 0. The average Bonchev–Trinajstić information content (AvgIpc) is 3.19. The van der Waals surface area contributed by atoms with Crippen LogP contribution < -0.4 is 0 Å². The molecule has 1 amide bonds. The van der Waals surface area contributed by atoms with Crippen LogP contribution in [0.5, 0.6) is 0 Å². The molecule has 0 bridgehead atoms. The fourth-order valence-corrected chi connectivity index (χ4v) is 3.46. The highest BCUT2D eigenvalue weighted by molar-refractivity contribution is 5.95. The molecular formula is C21H20FN3O2. The van der Waals surface area contributed by atoms with Gasteiger partial charge in [-0.25, -0.2) is 4.39 Å². The first-order valence-corrected chi connectivity index (χ1v) is 9.06. The Morgan fingerprint density at radius 1 is 1.19 bits per heavy atom. The summed E-state index contributed by atoms with van der Waals surface area (Å²) in [5.74, 6) is 0.702. The molecule has 0 saturated carbocycles. The summed E-state index contributed by atoms with van der Waals surface area (Å²) in [6.45, 7) is 3.22. The van der Waals surface area contributed by atoms with E-state index in [1.807, 2.05) is 36.1 Å². The number of hydrogen-bond acceptors (Lipinski definition) is 4. The largest absolute Gasteiger partial charge is 0.339 e. The first-order chi connectivity index (χ1) is 13.1. The Kier molecular flexibility index (Phi) is 4.71. The van der Waals surface area contributed by atoms with Gasteiger partial charge in [0.1, 0.15) is 5.82 Å². The van der Waals surface area contributed by atoms with Crippen molar-refractivity contribution in [3.63, 3.8) is 0 Å². The Balaban J connectivity index is 1.51. The molecule has 2 heterocycles. The van der Waals surface area contributed by atoms with Gasteiger partial charge >= 0.3 is 0 Å². The van der Waals surface area contributed by atoms with E-state index in [9.17, 15) is 9.18 Å². The summed E-state index contributed by atoms with van der Waals surface area (Å²) in [5.41, 5.74) is 2.41. The molecule has 1 aliphatic heterocycles. The summed E-state index contributed by atoms with van der Waals surface area (Å²) in [5, 5.41) is 4.02. The third-order valence-electron chi connectivity index (χ3n) is 4.98. The number of rotatable bonds is 3. The second-order valence-electron chi connectivity index (χ2n) is 6.87. The van der Waals surface area contributed by atoms with Crippen LogP contribution in [0.3, 0.4) is 0 Å². The van der Waals surface area contributed by atoms with Crippen molar-refractivity contribution in [2.24, 2.45) is 0 Å². The number of carbonyl (C=O) groups excluding carboxylic acids is 1. The van der Waals surface area contributed by atoms with Crippen molar-refractivity contribution >= 4 is 5.91 Å². The van der Waals surface area contributed by atoms with Gasteiger partial charge in [0.15, 0.2) is 0 Å². The SMILES string of the molecule is Cc1ccccc1C(=O)N1CCC[C@H](c2nc(-c3ccc(F)cc3)no2)C1. The van der Waals surface area contributed by atoms with E-state index in [0.717, 1.165) is 30.5 Å². The Hall–Kier alpha value is -3.02. The number of nitrogens with zero attached hydrogens (tertiary/aromatic N) is 3. The van der Waals surface area contributed by atoms with E-state index in [-0.39, 0.29) is 17.6 Å². The van der Waals surface area contributed by atoms with Gasteiger partial charge in [-0.1, -0.05) is 23.4 Å². The van der Waals surface area contributed by atoms with Crippen LogP contribution in [0.15, 0.2) is 53.1 Å². The maximum Gasteiger partial charge on any atom is 0.254 e.